The third kappa shape index (κ3) is 4.88. The highest BCUT2D eigenvalue weighted by Gasteiger charge is 2.34. The first-order valence-electron chi connectivity index (χ1n) is 9.30. The molecule has 0 saturated heterocycles. The number of methoxy groups -OCH3 is 1. The van der Waals surface area contributed by atoms with Gasteiger partial charge in [0.2, 0.25) is 0 Å². The average molecular weight is 399 g/mol. The molecule has 0 aromatic carbocycles. The number of aldehydes is 1. The Bertz CT molecular complexity index is 755. The Balaban J connectivity index is 1.73. The van der Waals surface area contributed by atoms with Crippen molar-refractivity contribution >= 4 is 6.29 Å². The van der Waals surface area contributed by atoms with Gasteiger partial charge in [-0.2, -0.15) is 18.3 Å². The number of ether oxygens (including phenoxy) is 2. The largest absolute Gasteiger partial charge is 0.495 e. The van der Waals surface area contributed by atoms with E-state index in [0.29, 0.717) is 42.3 Å². The van der Waals surface area contributed by atoms with E-state index in [1.807, 2.05) is 0 Å². The molecule has 0 bridgehead atoms. The summed E-state index contributed by atoms with van der Waals surface area (Å²) in [6.45, 7) is -0.419. The van der Waals surface area contributed by atoms with Crippen LogP contribution in [0.4, 0.5) is 13.2 Å². The van der Waals surface area contributed by atoms with Gasteiger partial charge < -0.3 is 14.8 Å². The van der Waals surface area contributed by atoms with Crippen LogP contribution in [-0.4, -0.2) is 42.5 Å². The second kappa shape index (κ2) is 8.70. The molecule has 2 aliphatic rings. The van der Waals surface area contributed by atoms with Crippen LogP contribution in [-0.2, 0) is 20.8 Å². The van der Waals surface area contributed by atoms with Crippen LogP contribution in [0, 0.1) is 5.92 Å². The summed E-state index contributed by atoms with van der Waals surface area (Å²) in [4.78, 5) is 11.3. The van der Waals surface area contributed by atoms with Crippen LogP contribution in [0.25, 0.3) is 0 Å². The van der Waals surface area contributed by atoms with Gasteiger partial charge in [-0.15, -0.1) is 0 Å². The number of hydrogen-bond acceptors (Lipinski definition) is 5. The van der Waals surface area contributed by atoms with Crippen LogP contribution in [0.15, 0.2) is 35.6 Å². The van der Waals surface area contributed by atoms with E-state index >= 15 is 0 Å². The first kappa shape index (κ1) is 20.3. The molecule has 0 spiro atoms. The molecule has 1 aliphatic carbocycles. The van der Waals surface area contributed by atoms with Gasteiger partial charge in [-0.1, -0.05) is 12.8 Å². The van der Waals surface area contributed by atoms with Crippen molar-refractivity contribution in [2.75, 3.05) is 20.3 Å². The molecule has 1 fully saturated rings. The first-order valence-corrected chi connectivity index (χ1v) is 9.30. The maximum Gasteiger partial charge on any atom is 0.408 e. The highest BCUT2D eigenvalue weighted by atomic mass is 19.4. The van der Waals surface area contributed by atoms with Gasteiger partial charge >= 0.3 is 6.18 Å². The number of nitrogens with one attached hydrogen (secondary N) is 1. The van der Waals surface area contributed by atoms with Crippen molar-refractivity contribution in [3.05, 3.63) is 41.2 Å². The molecule has 2 atom stereocenters. The number of allylic oxidation sites excluding steroid dienone is 2. The fourth-order valence-corrected chi connectivity index (χ4v) is 3.87. The smallest absolute Gasteiger partial charge is 0.408 e. The second-order valence-electron chi connectivity index (χ2n) is 7.05. The second-order valence-corrected chi connectivity index (χ2v) is 7.05. The Morgan fingerprint density at radius 2 is 2.14 bits per heavy atom. The minimum absolute atomic E-state index is 0.0551. The molecule has 1 N–H and O–H groups in total. The van der Waals surface area contributed by atoms with Gasteiger partial charge in [0.1, 0.15) is 12.3 Å². The average Bonchev–Trinajstić information content (AvgIpc) is 3.12. The van der Waals surface area contributed by atoms with Crippen LogP contribution >= 0.6 is 0 Å². The van der Waals surface area contributed by atoms with Crippen molar-refractivity contribution in [3.63, 3.8) is 0 Å². The highest BCUT2D eigenvalue weighted by molar-refractivity contribution is 5.79. The maximum atomic E-state index is 12.8. The summed E-state index contributed by atoms with van der Waals surface area (Å²) in [6.07, 6.45) is 3.01. The number of nitrogens with zero attached hydrogens (tertiary/aromatic N) is 2. The zero-order chi connectivity index (χ0) is 20.1. The number of halogens is 3. The summed E-state index contributed by atoms with van der Waals surface area (Å²) >= 11 is 0. The predicted molar refractivity (Wildman–Crippen MR) is 95.1 cm³/mol. The molecule has 1 aliphatic heterocycles. The van der Waals surface area contributed by atoms with Crippen LogP contribution in [0.2, 0.25) is 0 Å². The lowest BCUT2D eigenvalue weighted by molar-refractivity contribution is -0.143. The molecule has 9 heteroatoms. The Morgan fingerprint density at radius 3 is 2.86 bits per heavy atom. The third-order valence-corrected chi connectivity index (χ3v) is 5.22. The quantitative estimate of drug-likeness (QED) is 0.713. The lowest BCUT2D eigenvalue weighted by atomic mass is 9.78. The number of carbonyl (C=O) groups is 1. The summed E-state index contributed by atoms with van der Waals surface area (Å²) in [5.74, 6) is 1.01. The van der Waals surface area contributed by atoms with Crippen molar-refractivity contribution in [3.8, 4) is 0 Å². The van der Waals surface area contributed by atoms with Gasteiger partial charge in [-0.3, -0.25) is 9.48 Å². The Kier molecular flexibility index (Phi) is 6.31. The topological polar surface area (TPSA) is 65.4 Å². The molecule has 1 aromatic rings. The fraction of sp³-hybridized carbons (Fsp3) is 0.579. The van der Waals surface area contributed by atoms with Crippen molar-refractivity contribution in [2.45, 2.75) is 44.3 Å². The minimum Gasteiger partial charge on any atom is -0.495 e. The molecule has 154 valence electrons. The molecule has 28 heavy (non-hydrogen) atoms. The molecule has 0 amide bonds. The summed E-state index contributed by atoms with van der Waals surface area (Å²) in [5, 5.41) is 6.88. The van der Waals surface area contributed by atoms with Crippen LogP contribution < -0.4 is 5.32 Å². The lowest BCUT2D eigenvalue weighted by Crippen LogP contribution is -2.29. The molecule has 6 nitrogen and oxygen atoms in total. The fourth-order valence-electron chi connectivity index (χ4n) is 3.87. The van der Waals surface area contributed by atoms with Gasteiger partial charge in [-0.25, -0.2) is 0 Å². The van der Waals surface area contributed by atoms with Crippen LogP contribution in [0.5, 0.6) is 0 Å². The minimum atomic E-state index is -4.32. The molecule has 0 radical (unpaired) electrons. The molecule has 1 aromatic heterocycles. The zero-order valence-electron chi connectivity index (χ0n) is 15.7. The highest BCUT2D eigenvalue weighted by Crippen LogP contribution is 2.39. The number of rotatable bonds is 7. The van der Waals surface area contributed by atoms with E-state index in [1.54, 1.807) is 12.1 Å². The molecular formula is C19H24F3N3O3. The Morgan fingerprint density at radius 1 is 1.36 bits per heavy atom. The Hall–Kier alpha value is -2.45. The number of hydrogen-bond donors (Lipinski definition) is 1. The monoisotopic (exact) mass is 399 g/mol. The van der Waals surface area contributed by atoms with Crippen molar-refractivity contribution in [1.29, 1.82) is 0 Å². The number of aromatic nitrogens is 2. The van der Waals surface area contributed by atoms with Crippen LogP contribution in [0.3, 0.4) is 0 Å². The van der Waals surface area contributed by atoms with Crippen LogP contribution in [0.1, 0.15) is 37.3 Å². The lowest BCUT2D eigenvalue weighted by Gasteiger charge is -2.32. The van der Waals surface area contributed by atoms with E-state index < -0.39 is 12.7 Å². The third-order valence-electron chi connectivity index (χ3n) is 5.22. The predicted octanol–water partition coefficient (Wildman–Crippen LogP) is 3.28. The van der Waals surface area contributed by atoms with Crippen molar-refractivity contribution in [1.82, 2.24) is 15.1 Å². The number of carbonyl (C=O) groups excluding carboxylic acids is 1. The molecule has 2 heterocycles. The van der Waals surface area contributed by atoms with E-state index in [-0.39, 0.29) is 11.8 Å². The van der Waals surface area contributed by atoms with Gasteiger partial charge in [0, 0.05) is 29.8 Å². The maximum absolute atomic E-state index is 12.8. The SMILES string of the molecule is COC1=CC(C=O)=C(OCC2CCCCC2c2ccnn2CC(F)(F)F)CN1. The Labute approximate surface area is 161 Å². The van der Waals surface area contributed by atoms with Gasteiger partial charge in [0.25, 0.3) is 0 Å². The van der Waals surface area contributed by atoms with Gasteiger partial charge in [-0.05, 0) is 18.9 Å². The van der Waals surface area contributed by atoms with Crippen molar-refractivity contribution in [2.24, 2.45) is 5.92 Å². The van der Waals surface area contributed by atoms with E-state index in [1.165, 1.54) is 13.3 Å². The van der Waals surface area contributed by atoms with E-state index in [4.69, 9.17) is 9.47 Å². The first-order chi connectivity index (χ1) is 13.4. The summed E-state index contributed by atoms with van der Waals surface area (Å²) in [5.41, 5.74) is 1.00. The summed E-state index contributed by atoms with van der Waals surface area (Å²) < 4.78 is 50.6. The van der Waals surface area contributed by atoms with E-state index in [2.05, 4.69) is 10.4 Å². The zero-order valence-corrected chi connectivity index (χ0v) is 15.7. The molecule has 1 saturated carbocycles. The summed E-state index contributed by atoms with van der Waals surface area (Å²) in [7, 11) is 1.50. The molecule has 2 unspecified atom stereocenters. The molecular weight excluding hydrogens is 375 g/mol. The van der Waals surface area contributed by atoms with E-state index in [0.717, 1.165) is 30.4 Å². The standard InChI is InChI=1S/C19H24F3N3O3/c1-27-18-8-14(10-26)17(9-23-18)28-11-13-4-2-3-5-15(13)16-6-7-24-25(16)12-19(20,21)22/h6-8,10,13,15,23H,2-5,9,11-12H2,1H3. The normalized spacial score (nSPS) is 23.1. The number of dihydropyridines is 1. The van der Waals surface area contributed by atoms with E-state index in [9.17, 15) is 18.0 Å². The van der Waals surface area contributed by atoms with Gasteiger partial charge in [0.15, 0.2) is 12.2 Å². The van der Waals surface area contributed by atoms with Crippen molar-refractivity contribution < 1.29 is 27.4 Å². The number of alkyl halides is 3. The van der Waals surface area contributed by atoms with Gasteiger partial charge in [0.05, 0.1) is 25.8 Å². The molecule has 3 rings (SSSR count). The summed E-state index contributed by atoms with van der Waals surface area (Å²) in [6, 6.07) is 1.67.